The van der Waals surface area contributed by atoms with Gasteiger partial charge in [0.15, 0.2) is 0 Å². The molecule has 2 atom stereocenters. The number of halogens is 1. The van der Waals surface area contributed by atoms with Crippen LogP contribution in [0.4, 0.5) is 4.39 Å². The van der Waals surface area contributed by atoms with Crippen molar-refractivity contribution in [3.8, 4) is 0 Å². The van der Waals surface area contributed by atoms with E-state index in [9.17, 15) is 4.39 Å². The van der Waals surface area contributed by atoms with Crippen LogP contribution >= 0.6 is 0 Å². The lowest BCUT2D eigenvalue weighted by atomic mass is 10.0. The molecule has 0 aliphatic rings. The Morgan fingerprint density at radius 1 is 1.21 bits per heavy atom. The number of nitrogens with one attached hydrogen (secondary N) is 1. The standard InChI is InChI=1S/C16H26FNO/c1-4-6-7-16(18-12-13(3)19-5-2)14-8-10-15(17)11-9-14/h8-11,13,16,18H,4-7,12H2,1-3H3. The van der Waals surface area contributed by atoms with Gasteiger partial charge in [0.05, 0.1) is 6.10 Å². The van der Waals surface area contributed by atoms with Gasteiger partial charge in [0.25, 0.3) is 0 Å². The molecule has 0 aromatic heterocycles. The van der Waals surface area contributed by atoms with Crippen LogP contribution in [0, 0.1) is 5.82 Å². The van der Waals surface area contributed by atoms with Gasteiger partial charge in [-0.1, -0.05) is 31.9 Å². The number of unbranched alkanes of at least 4 members (excludes halogenated alkanes) is 1. The fourth-order valence-corrected chi connectivity index (χ4v) is 2.14. The number of rotatable bonds is 9. The lowest BCUT2D eigenvalue weighted by Gasteiger charge is -2.21. The van der Waals surface area contributed by atoms with Crippen molar-refractivity contribution in [2.45, 2.75) is 52.2 Å². The molecule has 0 aliphatic carbocycles. The monoisotopic (exact) mass is 267 g/mol. The molecule has 0 spiro atoms. The number of benzene rings is 1. The summed E-state index contributed by atoms with van der Waals surface area (Å²) in [4.78, 5) is 0. The second-order valence-electron chi connectivity index (χ2n) is 4.92. The van der Waals surface area contributed by atoms with Crippen LogP contribution in [-0.4, -0.2) is 19.3 Å². The third-order valence-corrected chi connectivity index (χ3v) is 3.22. The van der Waals surface area contributed by atoms with Crippen molar-refractivity contribution in [1.29, 1.82) is 0 Å². The summed E-state index contributed by atoms with van der Waals surface area (Å²) in [7, 11) is 0. The molecule has 0 aliphatic heterocycles. The summed E-state index contributed by atoms with van der Waals surface area (Å²) < 4.78 is 18.5. The summed E-state index contributed by atoms with van der Waals surface area (Å²) in [5.41, 5.74) is 1.15. The minimum Gasteiger partial charge on any atom is -0.377 e. The van der Waals surface area contributed by atoms with Gasteiger partial charge in [-0.2, -0.15) is 0 Å². The Hall–Kier alpha value is -0.930. The quantitative estimate of drug-likeness (QED) is 0.728. The van der Waals surface area contributed by atoms with Gasteiger partial charge in [-0.25, -0.2) is 4.39 Å². The van der Waals surface area contributed by atoms with Gasteiger partial charge < -0.3 is 10.1 Å². The van der Waals surface area contributed by atoms with Crippen molar-refractivity contribution in [1.82, 2.24) is 5.32 Å². The Bertz CT molecular complexity index is 339. The van der Waals surface area contributed by atoms with E-state index in [4.69, 9.17) is 4.74 Å². The van der Waals surface area contributed by atoms with Crippen molar-refractivity contribution in [2.24, 2.45) is 0 Å². The molecule has 1 N–H and O–H groups in total. The van der Waals surface area contributed by atoms with Gasteiger partial charge in [0.2, 0.25) is 0 Å². The van der Waals surface area contributed by atoms with Gasteiger partial charge >= 0.3 is 0 Å². The summed E-state index contributed by atoms with van der Waals surface area (Å²) in [6.07, 6.45) is 3.61. The summed E-state index contributed by atoms with van der Waals surface area (Å²) in [5.74, 6) is -0.180. The Labute approximate surface area is 116 Å². The van der Waals surface area contributed by atoms with E-state index in [2.05, 4.69) is 19.2 Å². The molecular formula is C16H26FNO. The van der Waals surface area contributed by atoms with Crippen molar-refractivity contribution >= 4 is 0 Å². The zero-order valence-corrected chi connectivity index (χ0v) is 12.3. The first-order valence-corrected chi connectivity index (χ1v) is 7.27. The van der Waals surface area contributed by atoms with E-state index in [0.29, 0.717) is 0 Å². The summed E-state index contributed by atoms with van der Waals surface area (Å²) >= 11 is 0. The van der Waals surface area contributed by atoms with E-state index in [0.717, 1.165) is 31.6 Å². The number of hydrogen-bond acceptors (Lipinski definition) is 2. The van der Waals surface area contributed by atoms with Crippen LogP contribution in [0.2, 0.25) is 0 Å². The summed E-state index contributed by atoms with van der Waals surface area (Å²) in [6, 6.07) is 7.08. The maximum absolute atomic E-state index is 13.0. The van der Waals surface area contributed by atoms with Crippen LogP contribution in [0.5, 0.6) is 0 Å². The van der Waals surface area contributed by atoms with E-state index in [1.54, 1.807) is 0 Å². The topological polar surface area (TPSA) is 21.3 Å². The van der Waals surface area contributed by atoms with Crippen molar-refractivity contribution < 1.29 is 9.13 Å². The highest BCUT2D eigenvalue weighted by Gasteiger charge is 2.12. The Balaban J connectivity index is 2.58. The molecule has 0 saturated heterocycles. The van der Waals surface area contributed by atoms with Crippen LogP contribution in [0.3, 0.4) is 0 Å². The highest BCUT2D eigenvalue weighted by Crippen LogP contribution is 2.20. The number of ether oxygens (including phenoxy) is 1. The lowest BCUT2D eigenvalue weighted by molar-refractivity contribution is 0.0736. The van der Waals surface area contributed by atoms with Gasteiger partial charge in [-0.05, 0) is 38.0 Å². The molecule has 0 radical (unpaired) electrons. The van der Waals surface area contributed by atoms with Crippen LogP contribution in [-0.2, 0) is 4.74 Å². The maximum atomic E-state index is 13.0. The molecule has 19 heavy (non-hydrogen) atoms. The molecule has 2 nitrogen and oxygen atoms in total. The van der Waals surface area contributed by atoms with Crippen molar-refractivity contribution in [3.63, 3.8) is 0 Å². The zero-order valence-electron chi connectivity index (χ0n) is 12.3. The van der Waals surface area contributed by atoms with Crippen molar-refractivity contribution in [2.75, 3.05) is 13.2 Å². The van der Waals surface area contributed by atoms with Gasteiger partial charge in [0, 0.05) is 19.2 Å². The molecule has 0 saturated carbocycles. The van der Waals surface area contributed by atoms with E-state index in [-0.39, 0.29) is 18.0 Å². The van der Waals surface area contributed by atoms with Gasteiger partial charge in [0.1, 0.15) is 5.82 Å². The van der Waals surface area contributed by atoms with Crippen molar-refractivity contribution in [3.05, 3.63) is 35.6 Å². The second kappa shape index (κ2) is 9.05. The van der Waals surface area contributed by atoms with E-state index in [1.807, 2.05) is 19.1 Å². The zero-order chi connectivity index (χ0) is 14.1. The van der Waals surface area contributed by atoms with Crippen LogP contribution < -0.4 is 5.32 Å². The fraction of sp³-hybridized carbons (Fsp3) is 0.625. The lowest BCUT2D eigenvalue weighted by Crippen LogP contribution is -2.30. The van der Waals surface area contributed by atoms with Gasteiger partial charge in [-0.15, -0.1) is 0 Å². The van der Waals surface area contributed by atoms with E-state index in [1.165, 1.54) is 18.6 Å². The molecule has 1 aromatic carbocycles. The second-order valence-corrected chi connectivity index (χ2v) is 4.92. The largest absolute Gasteiger partial charge is 0.377 e. The molecule has 0 amide bonds. The molecule has 2 unspecified atom stereocenters. The molecule has 1 rings (SSSR count). The Morgan fingerprint density at radius 2 is 1.89 bits per heavy atom. The minimum atomic E-state index is -0.180. The van der Waals surface area contributed by atoms with Crippen LogP contribution in [0.25, 0.3) is 0 Å². The molecule has 1 aromatic rings. The average molecular weight is 267 g/mol. The fourth-order valence-electron chi connectivity index (χ4n) is 2.14. The summed E-state index contributed by atoms with van der Waals surface area (Å²) in [6.45, 7) is 7.81. The van der Waals surface area contributed by atoms with E-state index < -0.39 is 0 Å². The van der Waals surface area contributed by atoms with Crippen LogP contribution in [0.15, 0.2) is 24.3 Å². The highest BCUT2D eigenvalue weighted by atomic mass is 19.1. The Morgan fingerprint density at radius 3 is 2.47 bits per heavy atom. The predicted molar refractivity (Wildman–Crippen MR) is 77.8 cm³/mol. The van der Waals surface area contributed by atoms with E-state index >= 15 is 0 Å². The highest BCUT2D eigenvalue weighted by molar-refractivity contribution is 5.19. The smallest absolute Gasteiger partial charge is 0.123 e. The first-order chi connectivity index (χ1) is 9.17. The molecule has 0 heterocycles. The molecular weight excluding hydrogens is 241 g/mol. The third-order valence-electron chi connectivity index (χ3n) is 3.22. The first-order valence-electron chi connectivity index (χ1n) is 7.27. The average Bonchev–Trinajstić information content (AvgIpc) is 2.40. The Kier molecular flexibility index (Phi) is 7.68. The molecule has 108 valence electrons. The van der Waals surface area contributed by atoms with Gasteiger partial charge in [-0.3, -0.25) is 0 Å². The predicted octanol–water partition coefficient (Wildman–Crippen LogP) is 4.07. The third kappa shape index (κ3) is 6.17. The molecule has 0 fully saturated rings. The summed E-state index contributed by atoms with van der Waals surface area (Å²) in [5, 5.41) is 3.53. The molecule has 3 heteroatoms. The maximum Gasteiger partial charge on any atom is 0.123 e. The first kappa shape index (κ1) is 16.1. The normalized spacial score (nSPS) is 14.3. The molecule has 0 bridgehead atoms. The minimum absolute atomic E-state index is 0.180. The SMILES string of the molecule is CCCCC(NCC(C)OCC)c1ccc(F)cc1. The number of hydrogen-bond donors (Lipinski definition) is 1. The van der Waals surface area contributed by atoms with Crippen LogP contribution in [0.1, 0.15) is 51.6 Å².